The zero-order chi connectivity index (χ0) is 54.1. The van der Waals surface area contributed by atoms with Gasteiger partial charge in [0.15, 0.2) is 0 Å². The van der Waals surface area contributed by atoms with Gasteiger partial charge in [-0.25, -0.2) is 0 Å². The quantitative estimate of drug-likeness (QED) is 0.121. The van der Waals surface area contributed by atoms with Crippen molar-refractivity contribution < 1.29 is 0 Å². The Morgan fingerprint density at radius 3 is 1.15 bits per heavy atom. The maximum atomic E-state index is 2.61. The summed E-state index contributed by atoms with van der Waals surface area (Å²) in [5.74, 6) is 0. The minimum Gasteiger partial charge on any atom is -0.311 e. The molecular weight excluding hydrogens is 952 g/mol. The van der Waals surface area contributed by atoms with Gasteiger partial charge in [0.2, 0.25) is 0 Å². The van der Waals surface area contributed by atoms with E-state index in [-0.39, 0.29) is 23.0 Å². The molecule has 382 valence electrons. The van der Waals surface area contributed by atoms with E-state index < -0.39 is 0 Å². The van der Waals surface area contributed by atoms with Crippen molar-refractivity contribution in [2.24, 2.45) is 0 Å². The van der Waals surface area contributed by atoms with Gasteiger partial charge in [0.1, 0.15) is 0 Å². The number of rotatable bonds is 6. The Morgan fingerprint density at radius 2 is 0.671 bits per heavy atom. The maximum absolute atomic E-state index is 2.61. The second-order valence-electron chi connectivity index (χ2n) is 25.4. The standard InChI is InChI=1S/C76H65BN2/c1-74(2,3)58-39-55-25-26-56-40-59(75(4,5)6)45-64-63(42-57(41-58)71(55)72(56)64)54-32-38-66-68(44-54)79(62-35-29-52(30-36-62)49-21-15-11-16-22-49)70-47-60(76(7,8)9)46-69-73(70)77(66)65-37-31-53(50-23-17-12-18-24-50)43-67(65)78(69)61-33-27-51(28-34-61)48-19-13-10-14-20-48/h10-47H,1-9H3. The Labute approximate surface area is 467 Å². The predicted molar refractivity (Wildman–Crippen MR) is 342 cm³/mol. The summed E-state index contributed by atoms with van der Waals surface area (Å²) in [6.45, 7) is 21.1. The monoisotopic (exact) mass is 1020 g/mol. The molecule has 0 unspecified atom stereocenters. The fourth-order valence-electron chi connectivity index (χ4n) is 12.9. The fraction of sp³-hybridized carbons (Fsp3) is 0.158. The van der Waals surface area contributed by atoms with Crippen molar-refractivity contribution in [1.29, 1.82) is 0 Å². The van der Waals surface area contributed by atoms with E-state index in [2.05, 4.69) is 303 Å². The number of fused-ring (bicyclic) bond motifs is 4. The van der Waals surface area contributed by atoms with Gasteiger partial charge in [-0.3, -0.25) is 0 Å². The number of nitrogens with zero attached hydrogens (tertiary/aromatic N) is 2. The van der Waals surface area contributed by atoms with Crippen molar-refractivity contribution in [1.82, 2.24) is 0 Å². The van der Waals surface area contributed by atoms with Crippen molar-refractivity contribution in [3.63, 3.8) is 0 Å². The van der Waals surface area contributed by atoms with E-state index in [9.17, 15) is 0 Å². The largest absolute Gasteiger partial charge is 0.311 e. The van der Waals surface area contributed by atoms with Crippen molar-refractivity contribution in [2.75, 3.05) is 9.80 Å². The molecular formula is C76H65BN2. The van der Waals surface area contributed by atoms with Gasteiger partial charge < -0.3 is 9.80 Å². The highest BCUT2D eigenvalue weighted by Crippen LogP contribution is 2.50. The lowest BCUT2D eigenvalue weighted by Gasteiger charge is -2.45. The third kappa shape index (κ3) is 8.16. The van der Waals surface area contributed by atoms with Crippen LogP contribution in [0.2, 0.25) is 0 Å². The van der Waals surface area contributed by atoms with Gasteiger partial charge >= 0.3 is 0 Å². The minimum absolute atomic E-state index is 0.0100. The van der Waals surface area contributed by atoms with Crippen LogP contribution in [0.15, 0.2) is 231 Å². The molecule has 0 radical (unpaired) electrons. The summed E-state index contributed by atoms with van der Waals surface area (Å²) < 4.78 is 0. The van der Waals surface area contributed by atoms with Crippen LogP contribution < -0.4 is 26.2 Å². The van der Waals surface area contributed by atoms with Gasteiger partial charge in [-0.1, -0.05) is 232 Å². The summed E-state index contributed by atoms with van der Waals surface area (Å²) in [4.78, 5) is 5.18. The van der Waals surface area contributed by atoms with Gasteiger partial charge in [0, 0.05) is 34.1 Å². The Bertz CT molecular complexity index is 4330. The van der Waals surface area contributed by atoms with Gasteiger partial charge in [-0.05, 0) is 187 Å². The Morgan fingerprint density at radius 1 is 0.291 bits per heavy atom. The number of hydrogen-bond donors (Lipinski definition) is 0. The van der Waals surface area contributed by atoms with Crippen LogP contribution >= 0.6 is 0 Å². The van der Waals surface area contributed by atoms with Crippen molar-refractivity contribution in [3.05, 3.63) is 247 Å². The lowest BCUT2D eigenvalue weighted by atomic mass is 9.33. The number of benzene rings is 12. The van der Waals surface area contributed by atoms with E-state index >= 15 is 0 Å². The molecule has 12 aromatic rings. The first kappa shape index (κ1) is 48.7. The lowest BCUT2D eigenvalue weighted by Crippen LogP contribution is -2.61. The average molecular weight is 1020 g/mol. The molecule has 3 heteroatoms. The first-order valence-corrected chi connectivity index (χ1v) is 28.3. The topological polar surface area (TPSA) is 6.48 Å². The van der Waals surface area contributed by atoms with E-state index in [1.807, 2.05) is 0 Å². The van der Waals surface area contributed by atoms with Crippen LogP contribution in [0.1, 0.15) is 79.0 Å². The van der Waals surface area contributed by atoms with Crippen LogP contribution in [-0.2, 0) is 16.2 Å². The summed E-state index contributed by atoms with van der Waals surface area (Å²) in [7, 11) is 0. The van der Waals surface area contributed by atoms with Crippen LogP contribution in [0, 0.1) is 0 Å². The van der Waals surface area contributed by atoms with E-state index in [4.69, 9.17) is 0 Å². The van der Waals surface area contributed by atoms with Gasteiger partial charge in [0.25, 0.3) is 6.71 Å². The van der Waals surface area contributed by atoms with Crippen LogP contribution in [0.4, 0.5) is 34.1 Å². The molecule has 2 heterocycles. The molecule has 0 spiro atoms. The molecule has 14 rings (SSSR count). The molecule has 0 amide bonds. The molecule has 0 saturated carbocycles. The highest BCUT2D eigenvalue weighted by atomic mass is 15.2. The first-order chi connectivity index (χ1) is 38.0. The normalized spacial score (nSPS) is 13.3. The van der Waals surface area contributed by atoms with Crippen molar-refractivity contribution in [3.8, 4) is 44.5 Å². The summed E-state index contributed by atoms with van der Waals surface area (Å²) in [6, 6.07) is 87.8. The molecule has 0 saturated heterocycles. The average Bonchev–Trinajstić information content (AvgIpc) is 2.54. The van der Waals surface area contributed by atoms with E-state index in [0.29, 0.717) is 0 Å². The summed E-state index contributed by atoms with van der Waals surface area (Å²) in [6.07, 6.45) is 0. The smallest absolute Gasteiger partial charge is 0.252 e. The van der Waals surface area contributed by atoms with Crippen molar-refractivity contribution in [2.45, 2.75) is 78.6 Å². The van der Waals surface area contributed by atoms with Crippen LogP contribution in [0.25, 0.3) is 76.8 Å². The van der Waals surface area contributed by atoms with Crippen molar-refractivity contribution >= 4 is 89.5 Å². The Kier molecular flexibility index (Phi) is 11.1. The number of anilines is 6. The molecule has 2 aliphatic rings. The van der Waals surface area contributed by atoms with Crippen LogP contribution in [-0.4, -0.2) is 6.71 Å². The van der Waals surface area contributed by atoms with E-state index in [1.165, 1.54) is 133 Å². The summed E-state index contributed by atoms with van der Waals surface area (Å²) in [5.41, 5.74) is 24.5. The third-order valence-electron chi connectivity index (χ3n) is 17.2. The zero-order valence-corrected chi connectivity index (χ0v) is 46.9. The fourth-order valence-corrected chi connectivity index (χ4v) is 12.9. The van der Waals surface area contributed by atoms with Crippen LogP contribution in [0.5, 0.6) is 0 Å². The molecule has 0 fully saturated rings. The molecule has 2 nitrogen and oxygen atoms in total. The second-order valence-corrected chi connectivity index (χ2v) is 25.4. The molecule has 2 aliphatic heterocycles. The second kappa shape index (κ2) is 17.9. The van der Waals surface area contributed by atoms with E-state index in [0.717, 1.165) is 11.4 Å². The zero-order valence-electron chi connectivity index (χ0n) is 46.9. The molecule has 0 aliphatic carbocycles. The van der Waals surface area contributed by atoms with Crippen LogP contribution in [0.3, 0.4) is 0 Å². The lowest BCUT2D eigenvalue weighted by molar-refractivity contribution is 0.590. The molecule has 0 aromatic heterocycles. The number of hydrogen-bond acceptors (Lipinski definition) is 2. The van der Waals surface area contributed by atoms with Gasteiger partial charge in [0.05, 0.1) is 0 Å². The summed E-state index contributed by atoms with van der Waals surface area (Å²) in [5, 5.41) is 7.91. The highest BCUT2D eigenvalue weighted by Gasteiger charge is 2.44. The minimum atomic E-state index is -0.169. The summed E-state index contributed by atoms with van der Waals surface area (Å²) >= 11 is 0. The molecule has 0 N–H and O–H groups in total. The predicted octanol–water partition coefficient (Wildman–Crippen LogP) is 19.2. The van der Waals surface area contributed by atoms with Gasteiger partial charge in [-0.2, -0.15) is 0 Å². The Balaban J connectivity index is 1.06. The molecule has 0 bridgehead atoms. The molecule has 0 atom stereocenters. The first-order valence-electron chi connectivity index (χ1n) is 28.3. The molecule has 12 aromatic carbocycles. The highest BCUT2D eigenvalue weighted by molar-refractivity contribution is 7.00. The Hall–Kier alpha value is -8.66. The van der Waals surface area contributed by atoms with E-state index in [1.54, 1.807) is 0 Å². The third-order valence-corrected chi connectivity index (χ3v) is 17.2. The van der Waals surface area contributed by atoms with Gasteiger partial charge in [-0.15, -0.1) is 0 Å². The SMILES string of the molecule is CC(C)(C)c1cc2c3c(c1)N(c1ccc(-c4ccccc4)cc1)c1cc(-c4cc5cc(C(C)(C)C)cc6ccc7cc(C(C)(C)C)cc4c7c65)ccc1B3c1ccc(-c3ccccc3)cc1N2c1ccc(-c2ccccc2)cc1. The maximum Gasteiger partial charge on any atom is 0.252 e. The molecule has 79 heavy (non-hydrogen) atoms.